The molecule has 2 rings (SSSR count). The number of nitrogen functional groups attached to an aromatic ring is 1. The minimum absolute atomic E-state index is 0.0348. The molecule has 1 atom stereocenters. The molecule has 0 aliphatic carbocycles. The first-order valence-electron chi connectivity index (χ1n) is 5.55. The minimum atomic E-state index is -0.619. The lowest BCUT2D eigenvalue weighted by molar-refractivity contribution is -0.384. The van der Waals surface area contributed by atoms with E-state index in [1.54, 1.807) is 0 Å². The van der Waals surface area contributed by atoms with Gasteiger partial charge < -0.3 is 10.5 Å². The fraction of sp³-hybridized carbons (Fsp3) is 0.455. The van der Waals surface area contributed by atoms with E-state index in [0.717, 1.165) is 18.9 Å². The lowest BCUT2D eigenvalue weighted by atomic mass is 9.98. The van der Waals surface area contributed by atoms with Crippen LogP contribution in [0, 0.1) is 15.9 Å². The lowest BCUT2D eigenvalue weighted by Crippen LogP contribution is -2.16. The van der Waals surface area contributed by atoms with Crippen molar-refractivity contribution < 1.29 is 14.1 Å². The molecule has 0 amide bonds. The van der Waals surface area contributed by atoms with Crippen LogP contribution in [-0.2, 0) is 4.74 Å². The zero-order valence-electron chi connectivity index (χ0n) is 9.49. The Morgan fingerprint density at radius 3 is 2.83 bits per heavy atom. The lowest BCUT2D eigenvalue weighted by Gasteiger charge is -2.24. The second kappa shape index (κ2) is 5.19. The van der Waals surface area contributed by atoms with Crippen LogP contribution in [0.3, 0.4) is 0 Å². The number of hydrogen-bond donors (Lipinski definition) is 1. The molecule has 0 aromatic heterocycles. The van der Waals surface area contributed by atoms with Crippen LogP contribution in [0.2, 0.25) is 0 Å². The van der Waals surface area contributed by atoms with Gasteiger partial charge in [-0.3, -0.25) is 10.1 Å². The summed E-state index contributed by atoms with van der Waals surface area (Å²) in [5.74, 6) is -0.579. The predicted octanol–water partition coefficient (Wildman–Crippen LogP) is 3.32. The Balaban J connectivity index is 2.53. The quantitative estimate of drug-likeness (QED) is 0.515. The van der Waals surface area contributed by atoms with Gasteiger partial charge in [0.25, 0.3) is 5.69 Å². The first-order chi connectivity index (χ1) is 8.52. The average molecular weight is 319 g/mol. The SMILES string of the molecule is Nc1c([N+](=O)[O-])cc(Br)c(F)c1C1CCCCO1. The van der Waals surface area contributed by atoms with E-state index < -0.39 is 16.8 Å². The molecule has 2 N–H and O–H groups in total. The molecule has 1 aromatic rings. The number of rotatable bonds is 2. The van der Waals surface area contributed by atoms with E-state index >= 15 is 0 Å². The summed E-state index contributed by atoms with van der Waals surface area (Å²) < 4.78 is 19.5. The van der Waals surface area contributed by atoms with Crippen LogP contribution in [0.4, 0.5) is 15.8 Å². The van der Waals surface area contributed by atoms with Crippen molar-refractivity contribution in [3.05, 3.63) is 32.0 Å². The molecule has 18 heavy (non-hydrogen) atoms. The number of benzene rings is 1. The molecule has 1 aliphatic rings. The van der Waals surface area contributed by atoms with Crippen molar-refractivity contribution >= 4 is 27.3 Å². The number of anilines is 1. The zero-order valence-corrected chi connectivity index (χ0v) is 11.1. The highest BCUT2D eigenvalue weighted by molar-refractivity contribution is 9.10. The molecule has 7 heteroatoms. The Morgan fingerprint density at radius 2 is 2.28 bits per heavy atom. The van der Waals surface area contributed by atoms with Crippen molar-refractivity contribution in [2.45, 2.75) is 25.4 Å². The van der Waals surface area contributed by atoms with Gasteiger partial charge in [-0.1, -0.05) is 0 Å². The molecular weight excluding hydrogens is 307 g/mol. The fourth-order valence-electron chi connectivity index (χ4n) is 2.08. The van der Waals surface area contributed by atoms with Crippen LogP contribution < -0.4 is 5.73 Å². The van der Waals surface area contributed by atoms with E-state index in [1.807, 2.05) is 0 Å². The molecule has 1 fully saturated rings. The minimum Gasteiger partial charge on any atom is -0.393 e. The van der Waals surface area contributed by atoms with Crippen LogP contribution in [0.25, 0.3) is 0 Å². The van der Waals surface area contributed by atoms with Crippen molar-refractivity contribution in [1.29, 1.82) is 0 Å². The van der Waals surface area contributed by atoms with Crippen molar-refractivity contribution in [1.82, 2.24) is 0 Å². The molecule has 98 valence electrons. The molecular formula is C11H12BrFN2O3. The van der Waals surface area contributed by atoms with Crippen molar-refractivity contribution in [3.63, 3.8) is 0 Å². The number of nitro benzene ring substituents is 1. The first kappa shape index (κ1) is 13.2. The van der Waals surface area contributed by atoms with Gasteiger partial charge in [-0.2, -0.15) is 0 Å². The molecule has 0 radical (unpaired) electrons. The third kappa shape index (κ3) is 2.32. The highest BCUT2D eigenvalue weighted by atomic mass is 79.9. The van der Waals surface area contributed by atoms with Crippen molar-refractivity contribution in [3.8, 4) is 0 Å². The van der Waals surface area contributed by atoms with Gasteiger partial charge in [0.1, 0.15) is 11.5 Å². The van der Waals surface area contributed by atoms with Gasteiger partial charge in [-0.05, 0) is 35.2 Å². The van der Waals surface area contributed by atoms with E-state index in [0.29, 0.717) is 13.0 Å². The zero-order chi connectivity index (χ0) is 13.3. The summed E-state index contributed by atoms with van der Waals surface area (Å²) in [6.45, 7) is 0.518. The Bertz CT molecular complexity index is 490. The predicted molar refractivity (Wildman–Crippen MR) is 67.7 cm³/mol. The maximum absolute atomic E-state index is 14.1. The fourth-order valence-corrected chi connectivity index (χ4v) is 2.51. The van der Waals surface area contributed by atoms with E-state index in [-0.39, 0.29) is 21.4 Å². The second-order valence-electron chi connectivity index (χ2n) is 4.13. The Kier molecular flexibility index (Phi) is 3.82. The second-order valence-corrected chi connectivity index (χ2v) is 4.99. The van der Waals surface area contributed by atoms with Crippen LogP contribution >= 0.6 is 15.9 Å². The summed E-state index contributed by atoms with van der Waals surface area (Å²) >= 11 is 2.98. The van der Waals surface area contributed by atoms with Gasteiger partial charge in [0.05, 0.1) is 15.5 Å². The monoisotopic (exact) mass is 318 g/mol. The molecule has 1 unspecified atom stereocenters. The Morgan fingerprint density at radius 1 is 1.56 bits per heavy atom. The van der Waals surface area contributed by atoms with Crippen LogP contribution in [0.5, 0.6) is 0 Å². The number of halogens is 2. The van der Waals surface area contributed by atoms with Crippen LogP contribution in [0.1, 0.15) is 30.9 Å². The summed E-state index contributed by atoms with van der Waals surface area (Å²) in [5, 5.41) is 10.9. The average Bonchev–Trinajstić information content (AvgIpc) is 2.35. The summed E-state index contributed by atoms with van der Waals surface area (Å²) in [5.41, 5.74) is 5.35. The number of nitrogens with zero attached hydrogens (tertiary/aromatic N) is 1. The molecule has 0 bridgehead atoms. The molecule has 0 spiro atoms. The summed E-state index contributed by atoms with van der Waals surface area (Å²) in [6.07, 6.45) is 1.92. The Labute approximate surface area is 111 Å². The standard InChI is InChI=1S/C11H12BrFN2O3/c12-6-5-7(15(16)17)11(14)9(10(6)13)8-3-1-2-4-18-8/h5,8H,1-4,14H2. The smallest absolute Gasteiger partial charge is 0.293 e. The third-order valence-electron chi connectivity index (χ3n) is 2.97. The van der Waals surface area contributed by atoms with E-state index in [1.165, 1.54) is 0 Å². The topological polar surface area (TPSA) is 78.4 Å². The van der Waals surface area contributed by atoms with Crippen LogP contribution in [-0.4, -0.2) is 11.5 Å². The number of hydrogen-bond acceptors (Lipinski definition) is 4. The highest BCUT2D eigenvalue weighted by Crippen LogP contribution is 2.40. The van der Waals surface area contributed by atoms with Gasteiger partial charge in [0.15, 0.2) is 0 Å². The summed E-state index contributed by atoms with van der Waals surface area (Å²) in [7, 11) is 0. The van der Waals surface area contributed by atoms with E-state index in [2.05, 4.69) is 15.9 Å². The van der Waals surface area contributed by atoms with E-state index in [4.69, 9.17) is 10.5 Å². The van der Waals surface area contributed by atoms with E-state index in [9.17, 15) is 14.5 Å². The maximum atomic E-state index is 14.1. The highest BCUT2D eigenvalue weighted by Gasteiger charge is 2.29. The van der Waals surface area contributed by atoms with Crippen molar-refractivity contribution in [2.75, 3.05) is 12.3 Å². The van der Waals surface area contributed by atoms with Gasteiger partial charge in [0, 0.05) is 18.2 Å². The molecule has 5 nitrogen and oxygen atoms in total. The maximum Gasteiger partial charge on any atom is 0.293 e. The van der Waals surface area contributed by atoms with Gasteiger partial charge in [-0.15, -0.1) is 0 Å². The first-order valence-corrected chi connectivity index (χ1v) is 6.35. The van der Waals surface area contributed by atoms with Crippen molar-refractivity contribution in [2.24, 2.45) is 0 Å². The molecule has 0 saturated carbocycles. The number of ether oxygens (including phenoxy) is 1. The summed E-state index contributed by atoms with van der Waals surface area (Å²) in [6, 6.07) is 1.08. The summed E-state index contributed by atoms with van der Waals surface area (Å²) in [4.78, 5) is 10.2. The number of nitro groups is 1. The molecule has 1 aliphatic heterocycles. The normalized spacial score (nSPS) is 19.8. The molecule has 1 saturated heterocycles. The van der Waals surface area contributed by atoms with Crippen LogP contribution in [0.15, 0.2) is 10.5 Å². The Hall–Kier alpha value is -1.21. The van der Waals surface area contributed by atoms with Gasteiger partial charge in [-0.25, -0.2) is 4.39 Å². The van der Waals surface area contributed by atoms with Gasteiger partial charge >= 0.3 is 0 Å². The number of nitrogens with two attached hydrogens (primary N) is 1. The molecule has 1 heterocycles. The third-order valence-corrected chi connectivity index (χ3v) is 3.55. The van der Waals surface area contributed by atoms with Gasteiger partial charge in [0.2, 0.25) is 0 Å². The largest absolute Gasteiger partial charge is 0.393 e. The molecule has 1 aromatic carbocycles.